The van der Waals surface area contributed by atoms with Gasteiger partial charge >= 0.3 is 0 Å². The van der Waals surface area contributed by atoms with E-state index < -0.39 is 5.54 Å². The van der Waals surface area contributed by atoms with Crippen LogP contribution in [-0.4, -0.2) is 53.2 Å². The highest BCUT2D eigenvalue weighted by Gasteiger charge is 2.48. The van der Waals surface area contributed by atoms with Gasteiger partial charge in [0.05, 0.1) is 0 Å². The van der Waals surface area contributed by atoms with Crippen molar-refractivity contribution in [3.8, 4) is 0 Å². The van der Waals surface area contributed by atoms with E-state index in [1.165, 1.54) is 57.8 Å². The molecule has 0 aromatic carbocycles. The molecule has 2 saturated carbocycles. The number of guanidine groups is 1. The van der Waals surface area contributed by atoms with Crippen LogP contribution in [0.25, 0.3) is 0 Å². The molecule has 2 amide bonds. The van der Waals surface area contributed by atoms with E-state index in [-0.39, 0.29) is 5.91 Å². The fraction of sp³-hybridized carbons (Fsp3) is 0.875. The molecule has 0 radical (unpaired) electrons. The molecule has 0 bridgehead atoms. The lowest BCUT2D eigenvalue weighted by Crippen LogP contribution is -2.44. The molecular formula is C24H40N4O2. The van der Waals surface area contributed by atoms with Crippen LogP contribution in [-0.2, 0) is 9.59 Å². The van der Waals surface area contributed by atoms with Gasteiger partial charge in [0, 0.05) is 26.6 Å². The average Bonchev–Trinajstić information content (AvgIpc) is 3.47. The zero-order valence-corrected chi connectivity index (χ0v) is 18.8. The van der Waals surface area contributed by atoms with E-state index >= 15 is 0 Å². The van der Waals surface area contributed by atoms with Crippen LogP contribution in [0.5, 0.6) is 0 Å². The summed E-state index contributed by atoms with van der Waals surface area (Å²) < 4.78 is 0. The van der Waals surface area contributed by atoms with Crippen molar-refractivity contribution >= 4 is 17.8 Å². The second kappa shape index (κ2) is 9.27. The van der Waals surface area contributed by atoms with Crippen molar-refractivity contribution in [3.63, 3.8) is 0 Å². The third-order valence-electron chi connectivity index (χ3n) is 8.27. The van der Waals surface area contributed by atoms with E-state index in [9.17, 15) is 9.59 Å². The summed E-state index contributed by atoms with van der Waals surface area (Å²) in [6.45, 7) is 1.61. The van der Waals surface area contributed by atoms with Crippen LogP contribution in [0, 0.1) is 17.8 Å². The van der Waals surface area contributed by atoms with Crippen molar-refractivity contribution in [2.75, 3.05) is 20.1 Å². The summed E-state index contributed by atoms with van der Waals surface area (Å²) in [6.07, 6.45) is 15.8. The Morgan fingerprint density at radius 1 is 1.03 bits per heavy atom. The smallest absolute Gasteiger partial charge is 0.257 e. The van der Waals surface area contributed by atoms with Crippen molar-refractivity contribution in [1.29, 1.82) is 0 Å². The topological polar surface area (TPSA) is 79.0 Å². The van der Waals surface area contributed by atoms with Gasteiger partial charge in [-0.05, 0) is 56.3 Å². The molecule has 2 atom stereocenters. The molecule has 2 N–H and O–H groups in total. The van der Waals surface area contributed by atoms with Gasteiger partial charge in [0.15, 0.2) is 5.96 Å². The minimum atomic E-state index is -0.703. The number of amides is 2. The molecule has 0 spiro atoms. The molecule has 30 heavy (non-hydrogen) atoms. The van der Waals surface area contributed by atoms with Crippen molar-refractivity contribution in [1.82, 2.24) is 9.80 Å². The molecule has 1 saturated heterocycles. The number of nitrogens with two attached hydrogens (primary N) is 1. The van der Waals surface area contributed by atoms with E-state index in [1.54, 1.807) is 11.9 Å². The zero-order valence-electron chi connectivity index (χ0n) is 18.8. The molecule has 0 aromatic heterocycles. The molecule has 0 unspecified atom stereocenters. The second-order valence-corrected chi connectivity index (χ2v) is 10.5. The van der Waals surface area contributed by atoms with Crippen LogP contribution >= 0.6 is 0 Å². The Morgan fingerprint density at radius 2 is 1.70 bits per heavy atom. The Balaban J connectivity index is 1.37. The quantitative estimate of drug-likeness (QED) is 0.687. The number of carbonyl (C=O) groups is 2. The number of carbonyl (C=O) groups excluding carboxylic acids is 2. The van der Waals surface area contributed by atoms with Crippen molar-refractivity contribution in [2.24, 2.45) is 28.5 Å². The first-order valence-electron chi connectivity index (χ1n) is 12.4. The number of hydrogen-bond acceptors (Lipinski definition) is 4. The first kappa shape index (κ1) is 21.6. The van der Waals surface area contributed by atoms with Crippen LogP contribution < -0.4 is 5.73 Å². The summed E-state index contributed by atoms with van der Waals surface area (Å²) >= 11 is 0. The fourth-order valence-corrected chi connectivity index (χ4v) is 6.37. The van der Waals surface area contributed by atoms with Crippen LogP contribution in [0.3, 0.4) is 0 Å². The van der Waals surface area contributed by atoms with Gasteiger partial charge in [0.25, 0.3) is 5.91 Å². The van der Waals surface area contributed by atoms with E-state index in [0.29, 0.717) is 30.1 Å². The number of likely N-dealkylation sites (tertiary alicyclic amines) is 1. The molecule has 168 valence electrons. The SMILES string of the molecule is CN1C(=O)[C@@](CCC2CCCCC2)(C[C@@H]2CCN(C(=O)CC3CCCC3)C2)N=C1N. The first-order valence-corrected chi connectivity index (χ1v) is 12.4. The number of likely N-dealkylation sites (N-methyl/N-ethyl adjacent to an activating group) is 1. The summed E-state index contributed by atoms with van der Waals surface area (Å²) in [5.41, 5.74) is 5.38. The number of aliphatic imine (C=N–C) groups is 1. The van der Waals surface area contributed by atoms with E-state index in [1.807, 2.05) is 4.90 Å². The lowest BCUT2D eigenvalue weighted by molar-refractivity contribution is -0.131. The lowest BCUT2D eigenvalue weighted by atomic mass is 9.78. The summed E-state index contributed by atoms with van der Waals surface area (Å²) in [5, 5.41) is 0. The third-order valence-corrected chi connectivity index (χ3v) is 8.27. The standard InChI is InChI=1S/C24H40N4O2/c1-27-22(30)24(26-23(27)25,13-11-18-7-3-2-4-8-18)16-20-12-14-28(17-20)21(29)15-19-9-5-6-10-19/h18-20H,2-17H2,1H3,(H2,25,26)/t20-,24+/m0/s1. The highest BCUT2D eigenvalue weighted by molar-refractivity contribution is 6.06. The molecule has 4 rings (SSSR count). The predicted octanol–water partition coefficient (Wildman–Crippen LogP) is 3.69. The van der Waals surface area contributed by atoms with Gasteiger partial charge in [0.2, 0.25) is 5.91 Å². The predicted molar refractivity (Wildman–Crippen MR) is 119 cm³/mol. The largest absolute Gasteiger partial charge is 0.369 e. The Hall–Kier alpha value is -1.59. The van der Waals surface area contributed by atoms with Crippen LogP contribution in [0.4, 0.5) is 0 Å². The number of rotatable bonds is 7. The maximum atomic E-state index is 13.2. The Bertz CT molecular complexity index is 666. The minimum Gasteiger partial charge on any atom is -0.369 e. The minimum absolute atomic E-state index is 0.0616. The summed E-state index contributed by atoms with van der Waals surface area (Å²) in [6, 6.07) is 0. The lowest BCUT2D eigenvalue weighted by Gasteiger charge is -2.30. The molecule has 2 aliphatic heterocycles. The Morgan fingerprint density at radius 3 is 2.37 bits per heavy atom. The highest BCUT2D eigenvalue weighted by atomic mass is 16.2. The average molecular weight is 417 g/mol. The highest BCUT2D eigenvalue weighted by Crippen LogP contribution is 2.39. The van der Waals surface area contributed by atoms with Gasteiger partial charge in [-0.25, -0.2) is 4.99 Å². The van der Waals surface area contributed by atoms with Crippen LogP contribution in [0.15, 0.2) is 4.99 Å². The van der Waals surface area contributed by atoms with Gasteiger partial charge in [-0.3, -0.25) is 14.5 Å². The van der Waals surface area contributed by atoms with Crippen molar-refractivity contribution < 1.29 is 9.59 Å². The zero-order chi connectivity index (χ0) is 21.1. The number of hydrogen-bond donors (Lipinski definition) is 1. The maximum Gasteiger partial charge on any atom is 0.257 e. The van der Waals surface area contributed by atoms with E-state index in [0.717, 1.165) is 44.7 Å². The molecule has 4 aliphatic rings. The molecule has 6 nitrogen and oxygen atoms in total. The molecule has 0 aromatic rings. The summed E-state index contributed by atoms with van der Waals surface area (Å²) in [7, 11) is 1.75. The molecular weight excluding hydrogens is 376 g/mol. The second-order valence-electron chi connectivity index (χ2n) is 10.5. The number of nitrogens with zero attached hydrogens (tertiary/aromatic N) is 3. The molecule has 2 aliphatic carbocycles. The normalized spacial score (nSPS) is 31.0. The summed E-state index contributed by atoms with van der Waals surface area (Å²) in [4.78, 5) is 34.3. The van der Waals surface area contributed by atoms with Crippen LogP contribution in [0.1, 0.15) is 89.9 Å². The molecule has 3 fully saturated rings. The third kappa shape index (κ3) is 4.67. The van der Waals surface area contributed by atoms with Gasteiger partial charge in [0.1, 0.15) is 5.54 Å². The molecule has 6 heteroatoms. The Kier molecular flexibility index (Phi) is 6.69. The van der Waals surface area contributed by atoms with Gasteiger partial charge in [-0.2, -0.15) is 0 Å². The van der Waals surface area contributed by atoms with E-state index in [4.69, 9.17) is 10.7 Å². The fourth-order valence-electron chi connectivity index (χ4n) is 6.37. The van der Waals surface area contributed by atoms with Gasteiger partial charge < -0.3 is 10.6 Å². The summed E-state index contributed by atoms with van der Waals surface area (Å²) in [5.74, 6) is 2.39. The van der Waals surface area contributed by atoms with Gasteiger partial charge in [-0.15, -0.1) is 0 Å². The monoisotopic (exact) mass is 416 g/mol. The van der Waals surface area contributed by atoms with Crippen molar-refractivity contribution in [2.45, 2.75) is 95.4 Å². The van der Waals surface area contributed by atoms with Gasteiger partial charge in [-0.1, -0.05) is 44.9 Å². The van der Waals surface area contributed by atoms with E-state index in [2.05, 4.69) is 0 Å². The maximum absolute atomic E-state index is 13.2. The molecule has 2 heterocycles. The van der Waals surface area contributed by atoms with Crippen LogP contribution in [0.2, 0.25) is 0 Å². The Labute approximate surface area is 181 Å². The first-order chi connectivity index (χ1) is 14.5. The van der Waals surface area contributed by atoms with Crippen molar-refractivity contribution in [3.05, 3.63) is 0 Å².